The smallest absolute Gasteiger partial charge is 0.326 e. The average molecular weight is 609 g/mol. The molecule has 4 atom stereocenters. The number of carboxylic acids is 1. The highest BCUT2D eigenvalue weighted by Gasteiger charge is 2.30. The Balaban J connectivity index is 1.25. The van der Waals surface area contributed by atoms with Gasteiger partial charge in [-0.2, -0.15) is 0 Å². The molecule has 0 bridgehead atoms. The molecule has 8 N–H and O–H groups in total. The van der Waals surface area contributed by atoms with Crippen LogP contribution in [0.1, 0.15) is 23.6 Å². The number of para-hydroxylation sites is 2. The topological polar surface area (TPSA) is 182 Å². The molecule has 11 nitrogen and oxygen atoms in total. The second-order valence-electron chi connectivity index (χ2n) is 11.1. The summed E-state index contributed by atoms with van der Waals surface area (Å²) >= 11 is 0. The van der Waals surface area contributed by atoms with Gasteiger partial charge in [0, 0.05) is 47.0 Å². The average Bonchev–Trinajstić information content (AvgIpc) is 3.64. The minimum absolute atomic E-state index is 0.0396. The number of carbonyl (C=O) groups excluding carboxylic acids is 3. The van der Waals surface area contributed by atoms with E-state index < -0.39 is 47.9 Å². The lowest BCUT2D eigenvalue weighted by Crippen LogP contribution is -2.57. The molecule has 0 aliphatic carbocycles. The molecule has 0 radical (unpaired) electrons. The predicted molar refractivity (Wildman–Crippen MR) is 171 cm³/mol. The van der Waals surface area contributed by atoms with Gasteiger partial charge in [-0.25, -0.2) is 4.79 Å². The van der Waals surface area contributed by atoms with E-state index in [4.69, 9.17) is 5.73 Å². The molecule has 0 saturated heterocycles. The molecule has 4 unspecified atom stereocenters. The van der Waals surface area contributed by atoms with Crippen LogP contribution >= 0.6 is 0 Å². The first-order valence-electron chi connectivity index (χ1n) is 14.7. The van der Waals surface area contributed by atoms with Gasteiger partial charge in [-0.05, 0) is 42.2 Å². The summed E-state index contributed by atoms with van der Waals surface area (Å²) in [5.74, 6) is -2.99. The molecule has 2 heterocycles. The van der Waals surface area contributed by atoms with Crippen LogP contribution < -0.4 is 21.7 Å². The van der Waals surface area contributed by atoms with Gasteiger partial charge in [0.2, 0.25) is 17.7 Å². The Morgan fingerprint density at radius 3 is 1.80 bits per heavy atom. The lowest BCUT2D eigenvalue weighted by Gasteiger charge is -2.24. The van der Waals surface area contributed by atoms with Crippen LogP contribution in [0.15, 0.2) is 91.3 Å². The second-order valence-corrected chi connectivity index (χ2v) is 11.1. The molecule has 0 saturated carbocycles. The number of nitrogens with one attached hydrogen (secondary N) is 5. The molecule has 3 aromatic carbocycles. The van der Waals surface area contributed by atoms with Crippen molar-refractivity contribution in [2.24, 2.45) is 5.73 Å². The van der Waals surface area contributed by atoms with Gasteiger partial charge in [-0.15, -0.1) is 0 Å². The zero-order valence-electron chi connectivity index (χ0n) is 24.7. The third-order valence-corrected chi connectivity index (χ3v) is 7.83. The lowest BCUT2D eigenvalue weighted by molar-refractivity contribution is -0.142. The molecular weight excluding hydrogens is 572 g/mol. The Hall–Kier alpha value is -5.42. The number of aromatic amines is 2. The minimum atomic E-state index is -1.24. The summed E-state index contributed by atoms with van der Waals surface area (Å²) in [7, 11) is 0. The minimum Gasteiger partial charge on any atom is -0.480 e. The van der Waals surface area contributed by atoms with Crippen molar-refractivity contribution < 1.29 is 24.3 Å². The summed E-state index contributed by atoms with van der Waals surface area (Å²) in [5, 5.41) is 19.7. The number of nitrogens with two attached hydrogens (primary N) is 1. The Labute approximate surface area is 259 Å². The number of aromatic nitrogens is 2. The number of hydrogen-bond donors (Lipinski definition) is 7. The molecule has 2 aromatic heterocycles. The summed E-state index contributed by atoms with van der Waals surface area (Å²) in [6.07, 6.45) is 3.94. The van der Waals surface area contributed by atoms with Gasteiger partial charge in [0.05, 0.1) is 6.04 Å². The van der Waals surface area contributed by atoms with Crippen LogP contribution in [0.2, 0.25) is 0 Å². The number of carboxylic acid groups (broad SMARTS) is 1. The van der Waals surface area contributed by atoms with Crippen molar-refractivity contribution >= 4 is 45.5 Å². The maximum absolute atomic E-state index is 13.5. The van der Waals surface area contributed by atoms with E-state index in [1.54, 1.807) is 18.3 Å². The molecule has 0 spiro atoms. The zero-order valence-corrected chi connectivity index (χ0v) is 24.7. The van der Waals surface area contributed by atoms with E-state index >= 15 is 0 Å². The number of H-pyrrole nitrogens is 2. The number of rotatable bonds is 13. The van der Waals surface area contributed by atoms with Crippen LogP contribution in [-0.4, -0.2) is 62.9 Å². The molecule has 45 heavy (non-hydrogen) atoms. The second kappa shape index (κ2) is 13.9. The highest BCUT2D eigenvalue weighted by atomic mass is 16.4. The number of carbonyl (C=O) groups is 4. The number of aliphatic carboxylic acids is 1. The maximum Gasteiger partial charge on any atom is 0.326 e. The maximum atomic E-state index is 13.5. The quantitative estimate of drug-likeness (QED) is 0.108. The Morgan fingerprint density at radius 2 is 1.20 bits per heavy atom. The van der Waals surface area contributed by atoms with Crippen LogP contribution in [0.5, 0.6) is 0 Å². The molecule has 3 amide bonds. The van der Waals surface area contributed by atoms with Crippen molar-refractivity contribution in [3.8, 4) is 0 Å². The normalized spacial score (nSPS) is 13.9. The molecular formula is C34H36N6O5. The third kappa shape index (κ3) is 7.57. The van der Waals surface area contributed by atoms with Crippen molar-refractivity contribution in [1.82, 2.24) is 25.9 Å². The molecule has 11 heteroatoms. The zero-order chi connectivity index (χ0) is 31.9. The van der Waals surface area contributed by atoms with Gasteiger partial charge >= 0.3 is 5.97 Å². The van der Waals surface area contributed by atoms with E-state index in [2.05, 4.69) is 25.9 Å². The van der Waals surface area contributed by atoms with E-state index in [9.17, 15) is 24.3 Å². The molecule has 5 rings (SSSR count). The highest BCUT2D eigenvalue weighted by Crippen LogP contribution is 2.20. The van der Waals surface area contributed by atoms with Crippen molar-refractivity contribution in [3.05, 3.63) is 108 Å². The van der Waals surface area contributed by atoms with Gasteiger partial charge in [-0.3, -0.25) is 14.4 Å². The molecule has 0 fully saturated rings. The Bertz CT molecular complexity index is 1810. The number of amides is 3. The number of fused-ring (bicyclic) bond motifs is 2. The summed E-state index contributed by atoms with van der Waals surface area (Å²) in [5.41, 5.74) is 10.4. The summed E-state index contributed by atoms with van der Waals surface area (Å²) < 4.78 is 0. The van der Waals surface area contributed by atoms with E-state index in [0.29, 0.717) is 0 Å². The van der Waals surface area contributed by atoms with E-state index in [-0.39, 0.29) is 19.3 Å². The summed E-state index contributed by atoms with van der Waals surface area (Å²) in [4.78, 5) is 58.2. The fourth-order valence-electron chi connectivity index (χ4n) is 5.36. The Kier molecular flexibility index (Phi) is 9.59. The van der Waals surface area contributed by atoms with E-state index in [1.165, 1.54) is 6.92 Å². The van der Waals surface area contributed by atoms with Gasteiger partial charge in [0.15, 0.2) is 0 Å². The SMILES string of the molecule is CC(NC(=O)C(N)Cc1c[nH]c2ccccc12)C(=O)NC(Cc1ccccc1)C(=O)NC(Cc1c[nH]c2ccccc12)C(=O)O. The summed E-state index contributed by atoms with van der Waals surface area (Å²) in [6.45, 7) is 1.50. The van der Waals surface area contributed by atoms with Crippen molar-refractivity contribution in [2.45, 2.75) is 50.4 Å². The lowest BCUT2D eigenvalue weighted by atomic mass is 10.0. The molecule has 232 valence electrons. The molecule has 0 aliphatic rings. The number of hydrogen-bond acceptors (Lipinski definition) is 5. The van der Waals surface area contributed by atoms with Crippen LogP contribution in [0.25, 0.3) is 21.8 Å². The largest absolute Gasteiger partial charge is 0.480 e. The first kappa shape index (κ1) is 31.0. The van der Waals surface area contributed by atoms with Crippen LogP contribution in [0, 0.1) is 0 Å². The van der Waals surface area contributed by atoms with Gasteiger partial charge < -0.3 is 36.8 Å². The van der Waals surface area contributed by atoms with Crippen LogP contribution in [0.4, 0.5) is 0 Å². The van der Waals surface area contributed by atoms with Crippen LogP contribution in [0.3, 0.4) is 0 Å². The van der Waals surface area contributed by atoms with E-state index in [1.807, 2.05) is 72.9 Å². The van der Waals surface area contributed by atoms with Gasteiger partial charge in [-0.1, -0.05) is 66.7 Å². The van der Waals surface area contributed by atoms with E-state index in [0.717, 1.165) is 38.5 Å². The van der Waals surface area contributed by atoms with Gasteiger partial charge in [0.25, 0.3) is 0 Å². The Morgan fingerprint density at radius 1 is 0.667 bits per heavy atom. The highest BCUT2D eigenvalue weighted by molar-refractivity contribution is 5.94. The fourth-order valence-corrected chi connectivity index (χ4v) is 5.36. The standard InChI is InChI=1S/C34H36N6O5/c1-20(38-32(42)26(35)16-22-18-36-27-13-7-5-11-24(22)27)31(41)39-29(15-21-9-3-2-4-10-21)33(43)40-30(34(44)45)17-23-19-37-28-14-8-6-12-25(23)28/h2-14,18-20,26,29-30,36-37H,15-17,35H2,1H3,(H,38,42)(H,39,41)(H,40,43)(H,44,45). The monoisotopic (exact) mass is 608 g/mol. The van der Waals surface area contributed by atoms with Crippen LogP contribution in [-0.2, 0) is 38.4 Å². The van der Waals surface area contributed by atoms with Crippen molar-refractivity contribution in [3.63, 3.8) is 0 Å². The first-order valence-corrected chi connectivity index (χ1v) is 14.7. The summed E-state index contributed by atoms with van der Waals surface area (Å²) in [6, 6.07) is 19.9. The third-order valence-electron chi connectivity index (χ3n) is 7.83. The molecule has 5 aromatic rings. The van der Waals surface area contributed by atoms with Gasteiger partial charge in [0.1, 0.15) is 18.1 Å². The fraction of sp³-hybridized carbons (Fsp3) is 0.235. The molecule has 0 aliphatic heterocycles. The van der Waals surface area contributed by atoms with Crippen molar-refractivity contribution in [1.29, 1.82) is 0 Å². The van der Waals surface area contributed by atoms with Crippen molar-refractivity contribution in [2.75, 3.05) is 0 Å². The predicted octanol–water partition coefficient (Wildman–Crippen LogP) is 2.56. The number of benzene rings is 3. The first-order chi connectivity index (χ1) is 21.7.